The van der Waals surface area contributed by atoms with Crippen LogP contribution in [0, 0.1) is 0 Å². The minimum absolute atomic E-state index is 0. The normalized spacial score (nSPS) is 14.5. The lowest BCUT2D eigenvalue weighted by molar-refractivity contribution is -0.117. The molecule has 0 bridgehead atoms. The zero-order chi connectivity index (χ0) is 13.0. The van der Waals surface area contributed by atoms with E-state index in [9.17, 15) is 4.79 Å². The summed E-state index contributed by atoms with van der Waals surface area (Å²) >= 11 is 0. The van der Waals surface area contributed by atoms with Crippen molar-refractivity contribution in [3.63, 3.8) is 0 Å². The number of anilines is 1. The number of benzene rings is 1. The molecule has 2 N–H and O–H groups in total. The summed E-state index contributed by atoms with van der Waals surface area (Å²) in [7, 11) is 3.58. The van der Waals surface area contributed by atoms with Gasteiger partial charge in [0.2, 0.25) is 5.91 Å². The van der Waals surface area contributed by atoms with Crippen molar-refractivity contribution in [2.24, 2.45) is 0 Å². The largest absolute Gasteiger partial charge is 0.497 e. The molecule has 0 aliphatic carbocycles. The lowest BCUT2D eigenvalue weighted by atomic mass is 10.1. The fourth-order valence-electron chi connectivity index (χ4n) is 1.84. The highest BCUT2D eigenvalue weighted by atomic mass is 35.5. The fourth-order valence-corrected chi connectivity index (χ4v) is 1.84. The second-order valence-electron chi connectivity index (χ2n) is 4.51. The summed E-state index contributed by atoms with van der Waals surface area (Å²) in [5.41, 5.74) is 0.763. The Morgan fingerprint density at radius 2 is 2.26 bits per heavy atom. The molecule has 1 aromatic rings. The van der Waals surface area contributed by atoms with E-state index in [1.807, 2.05) is 31.3 Å². The van der Waals surface area contributed by atoms with E-state index >= 15 is 0 Å². The number of nitrogens with one attached hydrogen (secondary N) is 2. The first-order valence-electron chi connectivity index (χ1n) is 6.04. The molecule has 19 heavy (non-hydrogen) atoms. The van der Waals surface area contributed by atoms with Gasteiger partial charge in [-0.1, -0.05) is 6.07 Å². The molecule has 6 heteroatoms. The number of methoxy groups -OCH3 is 1. The number of rotatable bonds is 5. The molecule has 2 rings (SSSR count). The second kappa shape index (κ2) is 7.33. The Balaban J connectivity index is 0.00000180. The first-order chi connectivity index (χ1) is 8.69. The van der Waals surface area contributed by atoms with Crippen LogP contribution in [0.5, 0.6) is 5.75 Å². The van der Waals surface area contributed by atoms with Crippen LogP contribution >= 0.6 is 12.4 Å². The van der Waals surface area contributed by atoms with Crippen molar-refractivity contribution in [1.29, 1.82) is 0 Å². The molecule has 1 fully saturated rings. The van der Waals surface area contributed by atoms with Gasteiger partial charge in [-0.2, -0.15) is 0 Å². The predicted molar refractivity (Wildman–Crippen MR) is 78.2 cm³/mol. The maximum Gasteiger partial charge on any atom is 0.238 e. The van der Waals surface area contributed by atoms with Gasteiger partial charge in [-0.3, -0.25) is 9.69 Å². The lowest BCUT2D eigenvalue weighted by Crippen LogP contribution is -2.57. The van der Waals surface area contributed by atoms with E-state index in [-0.39, 0.29) is 18.3 Å². The molecule has 0 unspecified atom stereocenters. The average molecular weight is 286 g/mol. The first-order valence-corrected chi connectivity index (χ1v) is 6.04. The van der Waals surface area contributed by atoms with Gasteiger partial charge in [-0.25, -0.2) is 0 Å². The van der Waals surface area contributed by atoms with E-state index in [1.165, 1.54) is 0 Å². The molecule has 1 aromatic carbocycles. The number of hydrogen-bond acceptors (Lipinski definition) is 4. The molecule has 1 heterocycles. The highest BCUT2D eigenvalue weighted by molar-refractivity contribution is 5.92. The Hall–Kier alpha value is -1.30. The molecule has 1 saturated heterocycles. The summed E-state index contributed by atoms with van der Waals surface area (Å²) < 4.78 is 5.11. The number of hydrogen-bond donors (Lipinski definition) is 2. The van der Waals surface area contributed by atoms with Gasteiger partial charge in [0.15, 0.2) is 0 Å². The van der Waals surface area contributed by atoms with Gasteiger partial charge in [0, 0.05) is 30.9 Å². The SMILES string of the molecule is COc1cccc(NC(=O)CN(C)C2CNC2)c1.Cl. The molecule has 0 atom stereocenters. The molecule has 0 spiro atoms. The highest BCUT2D eigenvalue weighted by Gasteiger charge is 2.22. The maximum atomic E-state index is 11.9. The molecular weight excluding hydrogens is 266 g/mol. The van der Waals surface area contributed by atoms with Gasteiger partial charge in [0.25, 0.3) is 0 Å². The minimum Gasteiger partial charge on any atom is -0.497 e. The second-order valence-corrected chi connectivity index (χ2v) is 4.51. The van der Waals surface area contributed by atoms with Crippen molar-refractivity contribution in [3.8, 4) is 5.75 Å². The van der Waals surface area contributed by atoms with E-state index in [0.717, 1.165) is 24.5 Å². The number of ether oxygens (including phenoxy) is 1. The minimum atomic E-state index is -0.00217. The van der Waals surface area contributed by atoms with Crippen LogP contribution in [-0.2, 0) is 4.79 Å². The molecular formula is C13H20ClN3O2. The molecule has 0 aromatic heterocycles. The zero-order valence-corrected chi connectivity index (χ0v) is 12.0. The molecule has 1 amide bonds. The lowest BCUT2D eigenvalue weighted by Gasteiger charge is -2.35. The number of halogens is 1. The third-order valence-electron chi connectivity index (χ3n) is 3.13. The van der Waals surface area contributed by atoms with Gasteiger partial charge in [-0.15, -0.1) is 12.4 Å². The summed E-state index contributed by atoms with van der Waals surface area (Å²) in [6.07, 6.45) is 0. The van der Waals surface area contributed by atoms with Gasteiger partial charge < -0.3 is 15.4 Å². The Bertz CT molecular complexity index is 424. The van der Waals surface area contributed by atoms with E-state index < -0.39 is 0 Å². The number of amides is 1. The third kappa shape index (κ3) is 4.38. The number of carbonyl (C=O) groups excluding carboxylic acids is 1. The van der Waals surface area contributed by atoms with E-state index in [0.29, 0.717) is 12.6 Å². The Labute approximate surface area is 119 Å². The van der Waals surface area contributed by atoms with E-state index in [2.05, 4.69) is 15.5 Å². The molecule has 106 valence electrons. The highest BCUT2D eigenvalue weighted by Crippen LogP contribution is 2.16. The first kappa shape index (κ1) is 15.8. The Morgan fingerprint density at radius 1 is 1.53 bits per heavy atom. The van der Waals surface area contributed by atoms with Crippen LogP contribution < -0.4 is 15.4 Å². The smallest absolute Gasteiger partial charge is 0.238 e. The molecule has 5 nitrogen and oxygen atoms in total. The maximum absolute atomic E-state index is 11.9. The van der Waals surface area contributed by atoms with Crippen molar-refractivity contribution < 1.29 is 9.53 Å². The zero-order valence-electron chi connectivity index (χ0n) is 11.2. The fraction of sp³-hybridized carbons (Fsp3) is 0.462. The summed E-state index contributed by atoms with van der Waals surface area (Å²) in [6.45, 7) is 2.33. The quantitative estimate of drug-likeness (QED) is 0.846. The number of nitrogens with zero attached hydrogens (tertiary/aromatic N) is 1. The van der Waals surface area contributed by atoms with Gasteiger partial charge in [0.1, 0.15) is 5.75 Å². The van der Waals surface area contributed by atoms with Crippen LogP contribution in [-0.4, -0.2) is 50.6 Å². The summed E-state index contributed by atoms with van der Waals surface area (Å²) in [5, 5.41) is 6.06. The average Bonchev–Trinajstić information content (AvgIpc) is 2.26. The van der Waals surface area contributed by atoms with Crippen molar-refractivity contribution in [3.05, 3.63) is 24.3 Å². The summed E-state index contributed by atoms with van der Waals surface area (Å²) in [6, 6.07) is 7.84. The van der Waals surface area contributed by atoms with Crippen molar-refractivity contribution in [2.75, 3.05) is 39.1 Å². The molecule has 0 radical (unpaired) electrons. The standard InChI is InChI=1S/C13H19N3O2.ClH/c1-16(11-7-14-8-11)9-13(17)15-10-4-3-5-12(6-10)18-2;/h3-6,11,14H,7-9H2,1-2H3,(H,15,17);1H. The Kier molecular flexibility index (Phi) is 6.08. The number of likely N-dealkylation sites (N-methyl/N-ethyl adjacent to an activating group) is 1. The van der Waals surface area contributed by atoms with Crippen molar-refractivity contribution in [1.82, 2.24) is 10.2 Å². The van der Waals surface area contributed by atoms with Crippen LogP contribution in [0.4, 0.5) is 5.69 Å². The predicted octanol–water partition coefficient (Wildman–Crippen LogP) is 0.959. The number of carbonyl (C=O) groups is 1. The van der Waals surface area contributed by atoms with Crippen LogP contribution in [0.1, 0.15) is 0 Å². The van der Waals surface area contributed by atoms with Gasteiger partial charge in [0.05, 0.1) is 13.7 Å². The van der Waals surface area contributed by atoms with E-state index in [1.54, 1.807) is 7.11 Å². The summed E-state index contributed by atoms with van der Waals surface area (Å²) in [4.78, 5) is 13.9. The van der Waals surface area contributed by atoms with Crippen molar-refractivity contribution in [2.45, 2.75) is 6.04 Å². The van der Waals surface area contributed by atoms with Crippen LogP contribution in [0.25, 0.3) is 0 Å². The molecule has 0 saturated carbocycles. The Morgan fingerprint density at radius 3 is 2.84 bits per heavy atom. The van der Waals surface area contributed by atoms with Crippen LogP contribution in [0.3, 0.4) is 0 Å². The summed E-state index contributed by atoms with van der Waals surface area (Å²) in [5.74, 6) is 0.738. The van der Waals surface area contributed by atoms with Gasteiger partial charge in [-0.05, 0) is 19.2 Å². The van der Waals surface area contributed by atoms with Gasteiger partial charge >= 0.3 is 0 Å². The van der Waals surface area contributed by atoms with Crippen LogP contribution in [0.15, 0.2) is 24.3 Å². The topological polar surface area (TPSA) is 53.6 Å². The third-order valence-corrected chi connectivity index (χ3v) is 3.13. The molecule has 1 aliphatic heterocycles. The van der Waals surface area contributed by atoms with E-state index in [4.69, 9.17) is 4.74 Å². The van der Waals surface area contributed by atoms with Crippen LogP contribution in [0.2, 0.25) is 0 Å². The monoisotopic (exact) mass is 285 g/mol. The van der Waals surface area contributed by atoms with Crippen molar-refractivity contribution >= 4 is 24.0 Å². The molecule has 1 aliphatic rings.